The highest BCUT2D eigenvalue weighted by Gasteiger charge is 2.12. The number of hydrogen-bond donors (Lipinski definition) is 0. The average molecular weight is 297 g/mol. The van der Waals surface area contributed by atoms with Crippen LogP contribution in [0.25, 0.3) is 5.69 Å². The van der Waals surface area contributed by atoms with Gasteiger partial charge in [-0.05, 0) is 35.9 Å². The molecule has 0 amide bonds. The van der Waals surface area contributed by atoms with E-state index < -0.39 is 0 Å². The molecule has 0 spiro atoms. The molecule has 1 aromatic carbocycles. The number of hydrogen-bond acceptors (Lipinski definition) is 5. The quantitative estimate of drug-likeness (QED) is 0.693. The second-order valence-corrected chi connectivity index (χ2v) is 5.30. The van der Waals surface area contributed by atoms with Crippen molar-refractivity contribution < 1.29 is 0 Å². The Hall–Kier alpha value is -2.70. The number of benzene rings is 1. The number of anilines is 1. The van der Waals surface area contributed by atoms with Gasteiger partial charge in [0.1, 0.15) is 0 Å². The Bertz CT molecular complexity index is 700. The molecule has 22 heavy (non-hydrogen) atoms. The van der Waals surface area contributed by atoms with Crippen LogP contribution >= 0.6 is 0 Å². The first-order valence-corrected chi connectivity index (χ1v) is 7.26. The summed E-state index contributed by atoms with van der Waals surface area (Å²) < 4.78 is 3.83. The molecule has 0 saturated carbocycles. The van der Waals surface area contributed by atoms with E-state index in [9.17, 15) is 0 Å². The Morgan fingerprint density at radius 3 is 2.73 bits per heavy atom. The predicted octanol–water partition coefficient (Wildman–Crippen LogP) is 1.69. The number of tetrazole rings is 1. The maximum atomic E-state index is 4.14. The summed E-state index contributed by atoms with van der Waals surface area (Å²) in [7, 11) is 2.00. The van der Waals surface area contributed by atoms with Crippen molar-refractivity contribution in [1.82, 2.24) is 29.8 Å². The van der Waals surface area contributed by atoms with Crippen molar-refractivity contribution in [2.75, 3.05) is 18.5 Å². The number of aryl methyl sites for hydroxylation is 2. The molecule has 114 valence electrons. The van der Waals surface area contributed by atoms with E-state index in [1.807, 2.05) is 31.7 Å². The molecule has 0 N–H and O–H groups in total. The summed E-state index contributed by atoms with van der Waals surface area (Å²) in [5.74, 6) is 0.745. The monoisotopic (exact) mass is 297 g/mol. The Morgan fingerprint density at radius 2 is 2.00 bits per heavy atom. The zero-order valence-corrected chi connectivity index (χ0v) is 12.8. The van der Waals surface area contributed by atoms with E-state index in [0.29, 0.717) is 0 Å². The van der Waals surface area contributed by atoms with Crippen molar-refractivity contribution in [2.24, 2.45) is 0 Å². The molecule has 0 bridgehead atoms. The lowest BCUT2D eigenvalue weighted by molar-refractivity contribution is 0.630. The summed E-state index contributed by atoms with van der Waals surface area (Å²) in [6.45, 7) is 3.85. The zero-order valence-electron chi connectivity index (χ0n) is 12.8. The fraction of sp³-hybridized carbons (Fsp3) is 0.333. The normalized spacial score (nSPS) is 10.8. The molecular weight excluding hydrogens is 278 g/mol. The van der Waals surface area contributed by atoms with E-state index in [1.165, 1.54) is 5.56 Å². The lowest BCUT2D eigenvalue weighted by Gasteiger charge is -2.17. The largest absolute Gasteiger partial charge is 0.342 e. The molecule has 0 atom stereocenters. The highest BCUT2D eigenvalue weighted by atomic mass is 15.6. The minimum absolute atomic E-state index is 0.745. The molecule has 0 unspecified atom stereocenters. The molecule has 3 rings (SSSR count). The van der Waals surface area contributed by atoms with E-state index in [0.717, 1.165) is 31.1 Å². The van der Waals surface area contributed by atoms with Crippen molar-refractivity contribution in [3.05, 3.63) is 48.5 Å². The van der Waals surface area contributed by atoms with Crippen molar-refractivity contribution >= 4 is 5.95 Å². The first-order chi connectivity index (χ1) is 10.7. The fourth-order valence-electron chi connectivity index (χ4n) is 2.28. The van der Waals surface area contributed by atoms with Crippen molar-refractivity contribution in [2.45, 2.75) is 19.9 Å². The molecule has 0 fully saturated rings. The molecule has 2 heterocycles. The summed E-state index contributed by atoms with van der Waals surface area (Å²) in [5, 5.41) is 12.0. The van der Waals surface area contributed by atoms with E-state index in [2.05, 4.69) is 49.0 Å². The van der Waals surface area contributed by atoms with Crippen LogP contribution in [-0.2, 0) is 6.54 Å². The predicted molar refractivity (Wildman–Crippen MR) is 84.0 cm³/mol. The molecule has 0 aliphatic heterocycles. The van der Waals surface area contributed by atoms with Gasteiger partial charge in [-0.15, -0.1) is 0 Å². The SMILES string of the molecule is Cc1ccc(-n2nnnc2N(C)CCCn2ccnc2)cc1. The second kappa shape index (κ2) is 6.38. The maximum absolute atomic E-state index is 4.14. The molecular formula is C15H19N7. The van der Waals surface area contributed by atoms with Gasteiger partial charge in [0.25, 0.3) is 0 Å². The van der Waals surface area contributed by atoms with Gasteiger partial charge >= 0.3 is 0 Å². The first-order valence-electron chi connectivity index (χ1n) is 7.26. The topological polar surface area (TPSA) is 64.7 Å². The van der Waals surface area contributed by atoms with Gasteiger partial charge in [0.15, 0.2) is 0 Å². The molecule has 0 aliphatic carbocycles. The van der Waals surface area contributed by atoms with Gasteiger partial charge < -0.3 is 9.47 Å². The minimum Gasteiger partial charge on any atom is -0.342 e. The molecule has 0 aliphatic rings. The van der Waals surface area contributed by atoms with Crippen LogP contribution in [-0.4, -0.2) is 43.4 Å². The number of aromatic nitrogens is 6. The van der Waals surface area contributed by atoms with Crippen LogP contribution in [0.5, 0.6) is 0 Å². The molecule has 0 radical (unpaired) electrons. The molecule has 0 saturated heterocycles. The molecule has 3 aromatic rings. The van der Waals surface area contributed by atoms with Gasteiger partial charge in [-0.1, -0.05) is 22.8 Å². The summed E-state index contributed by atoms with van der Waals surface area (Å²) in [4.78, 5) is 6.11. The average Bonchev–Trinajstić information content (AvgIpc) is 3.19. The van der Waals surface area contributed by atoms with Gasteiger partial charge in [-0.3, -0.25) is 0 Å². The molecule has 2 aromatic heterocycles. The summed E-state index contributed by atoms with van der Waals surface area (Å²) in [6.07, 6.45) is 6.59. The van der Waals surface area contributed by atoms with Crippen LogP contribution < -0.4 is 4.90 Å². The van der Waals surface area contributed by atoms with Crippen LogP contribution in [0.3, 0.4) is 0 Å². The second-order valence-electron chi connectivity index (χ2n) is 5.30. The highest BCUT2D eigenvalue weighted by Crippen LogP contribution is 2.15. The van der Waals surface area contributed by atoms with Crippen molar-refractivity contribution in [1.29, 1.82) is 0 Å². The lowest BCUT2D eigenvalue weighted by Crippen LogP contribution is -2.23. The third-order valence-corrected chi connectivity index (χ3v) is 3.54. The molecule has 7 nitrogen and oxygen atoms in total. The third kappa shape index (κ3) is 3.13. The van der Waals surface area contributed by atoms with Crippen molar-refractivity contribution in [3.63, 3.8) is 0 Å². The van der Waals surface area contributed by atoms with E-state index in [-0.39, 0.29) is 0 Å². The van der Waals surface area contributed by atoms with Gasteiger partial charge in [0.2, 0.25) is 5.95 Å². The lowest BCUT2D eigenvalue weighted by atomic mass is 10.2. The number of nitrogens with zero attached hydrogens (tertiary/aromatic N) is 7. The summed E-state index contributed by atoms with van der Waals surface area (Å²) >= 11 is 0. The Morgan fingerprint density at radius 1 is 1.18 bits per heavy atom. The third-order valence-electron chi connectivity index (χ3n) is 3.54. The highest BCUT2D eigenvalue weighted by molar-refractivity contribution is 5.41. The van der Waals surface area contributed by atoms with Gasteiger partial charge in [-0.25, -0.2) is 4.98 Å². The zero-order chi connectivity index (χ0) is 15.4. The van der Waals surface area contributed by atoms with Crippen LogP contribution in [0.1, 0.15) is 12.0 Å². The Balaban J connectivity index is 1.66. The van der Waals surface area contributed by atoms with Gasteiger partial charge in [0.05, 0.1) is 12.0 Å². The van der Waals surface area contributed by atoms with Gasteiger partial charge in [0, 0.05) is 32.5 Å². The standard InChI is InChI=1S/C15H19N7/c1-13-4-6-14(7-5-13)22-15(17-18-19-22)20(2)9-3-10-21-11-8-16-12-21/h4-8,11-12H,3,9-10H2,1-2H3. The van der Waals surface area contributed by atoms with Crippen molar-refractivity contribution in [3.8, 4) is 5.69 Å². The maximum Gasteiger partial charge on any atom is 0.250 e. The van der Waals surface area contributed by atoms with Crippen LogP contribution in [0.4, 0.5) is 5.95 Å². The minimum atomic E-state index is 0.745. The van der Waals surface area contributed by atoms with E-state index in [1.54, 1.807) is 10.9 Å². The van der Waals surface area contributed by atoms with Crippen LogP contribution in [0.15, 0.2) is 43.0 Å². The summed E-state index contributed by atoms with van der Waals surface area (Å²) in [6, 6.07) is 8.16. The Kier molecular flexibility index (Phi) is 4.13. The Labute approximate surface area is 129 Å². The smallest absolute Gasteiger partial charge is 0.250 e. The van der Waals surface area contributed by atoms with Gasteiger partial charge in [-0.2, -0.15) is 4.68 Å². The number of imidazole rings is 1. The van der Waals surface area contributed by atoms with Crippen LogP contribution in [0.2, 0.25) is 0 Å². The van der Waals surface area contributed by atoms with E-state index in [4.69, 9.17) is 0 Å². The van der Waals surface area contributed by atoms with Crippen LogP contribution in [0, 0.1) is 6.92 Å². The number of rotatable bonds is 6. The van der Waals surface area contributed by atoms with E-state index >= 15 is 0 Å². The molecule has 7 heteroatoms. The summed E-state index contributed by atoms with van der Waals surface area (Å²) in [5.41, 5.74) is 2.18. The fourth-order valence-corrected chi connectivity index (χ4v) is 2.28. The first kappa shape index (κ1) is 14.2.